The topological polar surface area (TPSA) is 90.4 Å². The summed E-state index contributed by atoms with van der Waals surface area (Å²) in [7, 11) is -3.96. The van der Waals surface area contributed by atoms with Crippen LogP contribution in [0.2, 0.25) is 0 Å². The first-order valence-electron chi connectivity index (χ1n) is 9.71. The van der Waals surface area contributed by atoms with Gasteiger partial charge in [0.15, 0.2) is 13.2 Å². The van der Waals surface area contributed by atoms with Crippen LogP contribution >= 0.6 is 0 Å². The van der Waals surface area contributed by atoms with Gasteiger partial charge in [-0.3, -0.25) is 4.72 Å². The maximum atomic E-state index is 12.7. The van der Waals surface area contributed by atoms with Crippen LogP contribution in [0.4, 0.5) is 32.3 Å². The molecular weight excluding hydrogens is 504 g/mol. The Bertz CT molecular complexity index is 1250. The quantitative estimate of drug-likeness (QED) is 0.400. The van der Waals surface area contributed by atoms with Crippen LogP contribution in [0, 0.1) is 0 Å². The van der Waals surface area contributed by atoms with Crippen molar-refractivity contribution >= 4 is 16.0 Å². The van der Waals surface area contributed by atoms with Crippen LogP contribution in [0.5, 0.6) is 11.5 Å². The van der Waals surface area contributed by atoms with Crippen LogP contribution in [0.25, 0.3) is 11.3 Å². The van der Waals surface area contributed by atoms with E-state index in [1.807, 2.05) is 0 Å². The lowest BCUT2D eigenvalue weighted by Gasteiger charge is -2.16. The Hall–Kier alpha value is -3.55. The molecule has 14 heteroatoms. The molecule has 0 unspecified atom stereocenters. The third-order valence-electron chi connectivity index (χ3n) is 4.12. The molecule has 0 aliphatic heterocycles. The van der Waals surface area contributed by atoms with Crippen molar-refractivity contribution in [2.24, 2.45) is 0 Å². The maximum absolute atomic E-state index is 12.7. The fourth-order valence-corrected chi connectivity index (χ4v) is 3.86. The van der Waals surface area contributed by atoms with Gasteiger partial charge in [0.1, 0.15) is 11.5 Å². The predicted octanol–water partition coefficient (Wildman–Crippen LogP) is 4.97. The maximum Gasteiger partial charge on any atom is 0.422 e. The molecule has 2 aromatic carbocycles. The highest BCUT2D eigenvalue weighted by atomic mass is 32.2. The van der Waals surface area contributed by atoms with Gasteiger partial charge in [0.05, 0.1) is 11.4 Å². The smallest absolute Gasteiger partial charge is 0.422 e. The fourth-order valence-electron chi connectivity index (χ4n) is 2.78. The van der Waals surface area contributed by atoms with Crippen LogP contribution < -0.4 is 14.2 Å². The summed E-state index contributed by atoms with van der Waals surface area (Å²) in [5.74, 6) is -1.48. The van der Waals surface area contributed by atoms with Crippen molar-refractivity contribution in [1.29, 1.82) is 0 Å². The van der Waals surface area contributed by atoms with Gasteiger partial charge in [-0.15, -0.1) is 0 Å². The summed E-state index contributed by atoms with van der Waals surface area (Å²) in [4.78, 5) is 7.78. The fraction of sp³-hybridized carbons (Fsp3) is 0.238. The number of rotatable bonds is 9. The Morgan fingerprint density at radius 1 is 0.857 bits per heavy atom. The van der Waals surface area contributed by atoms with Crippen molar-refractivity contribution in [3.8, 4) is 22.8 Å². The first kappa shape index (κ1) is 26.1. The van der Waals surface area contributed by atoms with Crippen LogP contribution in [-0.4, -0.2) is 44.0 Å². The van der Waals surface area contributed by atoms with Crippen molar-refractivity contribution < 1.29 is 44.2 Å². The van der Waals surface area contributed by atoms with E-state index < -0.39 is 47.3 Å². The van der Waals surface area contributed by atoms with Crippen LogP contribution in [0.1, 0.15) is 5.56 Å². The van der Waals surface area contributed by atoms with E-state index in [-0.39, 0.29) is 22.8 Å². The summed E-state index contributed by atoms with van der Waals surface area (Å²) >= 11 is 0. The molecule has 1 N–H and O–H groups in total. The zero-order valence-electron chi connectivity index (χ0n) is 17.6. The normalized spacial score (nSPS) is 12.3. The van der Waals surface area contributed by atoms with Gasteiger partial charge >= 0.3 is 12.4 Å². The molecule has 0 saturated heterocycles. The number of ether oxygens (including phenoxy) is 2. The zero-order valence-corrected chi connectivity index (χ0v) is 18.4. The second-order valence-electron chi connectivity index (χ2n) is 7.08. The van der Waals surface area contributed by atoms with E-state index in [2.05, 4.69) is 19.4 Å². The number of halogens is 6. The minimum Gasteiger partial charge on any atom is -0.484 e. The molecule has 0 atom stereocenters. The standard InChI is InChI=1S/C21H17F6N3O4S/c22-20(23,24)12-33-15-6-7-18(34-13-21(25,26)27)16(10-15)17-8-9-28-19(29-17)30-35(31,32)11-14-4-2-1-3-5-14/h1-10H,11-13H2,(H,28,29,30). The average molecular weight is 521 g/mol. The molecule has 1 aromatic heterocycles. The van der Waals surface area contributed by atoms with E-state index >= 15 is 0 Å². The van der Waals surface area contributed by atoms with Gasteiger partial charge in [-0.2, -0.15) is 26.3 Å². The van der Waals surface area contributed by atoms with Crippen molar-refractivity contribution in [3.63, 3.8) is 0 Å². The largest absolute Gasteiger partial charge is 0.484 e. The van der Waals surface area contributed by atoms with Crippen LogP contribution in [0.3, 0.4) is 0 Å². The molecule has 3 rings (SSSR count). The van der Waals surface area contributed by atoms with Gasteiger partial charge in [-0.1, -0.05) is 30.3 Å². The van der Waals surface area contributed by atoms with Gasteiger partial charge < -0.3 is 9.47 Å². The number of nitrogens with one attached hydrogen (secondary N) is 1. The van der Waals surface area contributed by atoms with Crippen LogP contribution in [0.15, 0.2) is 60.8 Å². The van der Waals surface area contributed by atoms with E-state index in [0.29, 0.717) is 5.56 Å². The second kappa shape index (κ2) is 10.4. The summed E-state index contributed by atoms with van der Waals surface area (Å²) in [6.45, 7) is -3.31. The van der Waals surface area contributed by atoms with E-state index in [1.165, 1.54) is 6.07 Å². The lowest BCUT2D eigenvalue weighted by atomic mass is 10.1. The first-order chi connectivity index (χ1) is 16.3. The first-order valence-corrected chi connectivity index (χ1v) is 11.4. The molecule has 0 bridgehead atoms. The highest BCUT2D eigenvalue weighted by Crippen LogP contribution is 2.34. The molecular formula is C21H17F6N3O4S. The molecule has 0 aliphatic carbocycles. The van der Waals surface area contributed by atoms with Gasteiger partial charge in [0.25, 0.3) is 0 Å². The minimum atomic E-state index is -4.69. The van der Waals surface area contributed by atoms with Crippen molar-refractivity contribution in [3.05, 3.63) is 66.4 Å². The van der Waals surface area contributed by atoms with E-state index in [1.54, 1.807) is 30.3 Å². The molecule has 0 radical (unpaired) electrons. The van der Waals surface area contributed by atoms with Crippen molar-refractivity contribution in [1.82, 2.24) is 9.97 Å². The lowest BCUT2D eigenvalue weighted by molar-refractivity contribution is -0.154. The van der Waals surface area contributed by atoms with Crippen LogP contribution in [-0.2, 0) is 15.8 Å². The van der Waals surface area contributed by atoms with Gasteiger partial charge in [-0.05, 0) is 29.8 Å². The van der Waals surface area contributed by atoms with Crippen molar-refractivity contribution in [2.75, 3.05) is 17.9 Å². The minimum absolute atomic E-state index is 0.118. The molecule has 0 amide bonds. The third kappa shape index (κ3) is 8.63. The summed E-state index contributed by atoms with van der Waals surface area (Å²) < 4.78 is 112. The summed E-state index contributed by atoms with van der Waals surface area (Å²) in [6, 6.07) is 12.4. The number of sulfonamides is 1. The Morgan fingerprint density at radius 3 is 2.17 bits per heavy atom. The summed E-state index contributed by atoms with van der Waals surface area (Å²) in [5, 5.41) is 0. The lowest BCUT2D eigenvalue weighted by Crippen LogP contribution is -2.20. The van der Waals surface area contributed by atoms with Crippen molar-refractivity contribution in [2.45, 2.75) is 18.1 Å². The van der Waals surface area contributed by atoms with E-state index in [4.69, 9.17) is 4.74 Å². The SMILES string of the molecule is O=S(=O)(Cc1ccccc1)Nc1nccc(-c2cc(OCC(F)(F)F)ccc2OCC(F)(F)F)n1. The molecule has 0 aliphatic rings. The number of anilines is 1. The number of nitrogens with zero attached hydrogens (tertiary/aromatic N) is 2. The number of aromatic nitrogens is 2. The third-order valence-corrected chi connectivity index (χ3v) is 5.33. The number of alkyl halides is 6. The Morgan fingerprint density at radius 2 is 1.51 bits per heavy atom. The Labute approximate surface area is 195 Å². The van der Waals surface area contributed by atoms with E-state index in [9.17, 15) is 34.8 Å². The monoisotopic (exact) mass is 521 g/mol. The molecule has 188 valence electrons. The molecule has 3 aromatic rings. The second-order valence-corrected chi connectivity index (χ2v) is 8.80. The molecule has 0 saturated carbocycles. The highest BCUT2D eigenvalue weighted by Gasteiger charge is 2.30. The van der Waals surface area contributed by atoms with E-state index in [0.717, 1.165) is 24.4 Å². The zero-order chi connectivity index (χ0) is 25.7. The summed E-state index contributed by atoms with van der Waals surface area (Å²) in [6.07, 6.45) is -8.21. The highest BCUT2D eigenvalue weighted by molar-refractivity contribution is 7.91. The average Bonchev–Trinajstić information content (AvgIpc) is 2.75. The molecule has 35 heavy (non-hydrogen) atoms. The molecule has 0 spiro atoms. The van der Waals surface area contributed by atoms with Gasteiger partial charge in [0.2, 0.25) is 16.0 Å². The van der Waals surface area contributed by atoms with Gasteiger partial charge in [0, 0.05) is 11.8 Å². The summed E-state index contributed by atoms with van der Waals surface area (Å²) in [5.41, 5.74) is 0.195. The van der Waals surface area contributed by atoms with Gasteiger partial charge in [-0.25, -0.2) is 18.4 Å². The number of benzene rings is 2. The Kier molecular flexibility index (Phi) is 7.73. The predicted molar refractivity (Wildman–Crippen MR) is 113 cm³/mol. The molecule has 0 fully saturated rings. The molecule has 1 heterocycles. The molecule has 7 nitrogen and oxygen atoms in total. The number of hydrogen-bond donors (Lipinski definition) is 1. The number of hydrogen-bond acceptors (Lipinski definition) is 6. The Balaban J connectivity index is 1.90.